The molecule has 3 rings (SSSR count). The van der Waals surface area contributed by atoms with Crippen molar-refractivity contribution in [3.05, 3.63) is 35.4 Å². The van der Waals surface area contributed by atoms with Gasteiger partial charge < -0.3 is 9.64 Å². The molecule has 7 nitrogen and oxygen atoms in total. The molecule has 0 aliphatic carbocycles. The molecule has 1 amide bonds. The zero-order valence-corrected chi connectivity index (χ0v) is 15.4. The molecule has 2 aromatic rings. The van der Waals surface area contributed by atoms with Crippen LogP contribution < -0.4 is 0 Å². The summed E-state index contributed by atoms with van der Waals surface area (Å²) in [6.07, 6.45) is 5.14. The highest BCUT2D eigenvalue weighted by atomic mass is 35.5. The SMILES string of the molecule is Cn1ccc(-c2nc(Cl)ncc2C2=CCN(C(=O)OC(C)(C)C)C2)n1. The minimum Gasteiger partial charge on any atom is -0.444 e. The van der Waals surface area contributed by atoms with E-state index < -0.39 is 5.60 Å². The lowest BCUT2D eigenvalue weighted by molar-refractivity contribution is 0.0306. The van der Waals surface area contributed by atoms with Crippen LogP contribution in [0.25, 0.3) is 17.0 Å². The Morgan fingerprint density at radius 2 is 2.12 bits per heavy atom. The van der Waals surface area contributed by atoms with Gasteiger partial charge in [0, 0.05) is 38.1 Å². The van der Waals surface area contributed by atoms with E-state index >= 15 is 0 Å². The number of hydrogen-bond acceptors (Lipinski definition) is 5. The fourth-order valence-electron chi connectivity index (χ4n) is 2.55. The Labute approximate surface area is 151 Å². The van der Waals surface area contributed by atoms with Crippen LogP contribution in [0.4, 0.5) is 4.79 Å². The van der Waals surface area contributed by atoms with E-state index in [1.807, 2.05) is 46.2 Å². The topological polar surface area (TPSA) is 73.1 Å². The lowest BCUT2D eigenvalue weighted by Gasteiger charge is -2.24. The van der Waals surface area contributed by atoms with Crippen molar-refractivity contribution in [3.8, 4) is 11.4 Å². The van der Waals surface area contributed by atoms with Gasteiger partial charge in [0.25, 0.3) is 0 Å². The normalized spacial score (nSPS) is 14.6. The molecule has 132 valence electrons. The summed E-state index contributed by atoms with van der Waals surface area (Å²) in [6.45, 7) is 6.46. The lowest BCUT2D eigenvalue weighted by Crippen LogP contribution is -2.35. The number of rotatable bonds is 2. The third-order valence-electron chi connectivity index (χ3n) is 3.63. The van der Waals surface area contributed by atoms with Crippen LogP contribution in [-0.4, -0.2) is 49.4 Å². The van der Waals surface area contributed by atoms with Crippen molar-refractivity contribution < 1.29 is 9.53 Å². The fourth-order valence-corrected chi connectivity index (χ4v) is 2.68. The largest absolute Gasteiger partial charge is 0.444 e. The first-order chi connectivity index (χ1) is 11.7. The molecule has 0 unspecified atom stereocenters. The summed E-state index contributed by atoms with van der Waals surface area (Å²) in [5.74, 6) is 0. The van der Waals surface area contributed by atoms with E-state index in [2.05, 4.69) is 15.1 Å². The molecular formula is C17H20ClN5O2. The van der Waals surface area contributed by atoms with E-state index in [-0.39, 0.29) is 11.4 Å². The number of aryl methyl sites for hydroxylation is 1. The summed E-state index contributed by atoms with van der Waals surface area (Å²) < 4.78 is 7.13. The van der Waals surface area contributed by atoms with Crippen LogP contribution in [0.15, 0.2) is 24.5 Å². The second kappa shape index (κ2) is 6.48. The van der Waals surface area contributed by atoms with Gasteiger partial charge in [-0.2, -0.15) is 5.10 Å². The highest BCUT2D eigenvalue weighted by Gasteiger charge is 2.27. The highest BCUT2D eigenvalue weighted by molar-refractivity contribution is 6.28. The van der Waals surface area contributed by atoms with E-state index in [9.17, 15) is 4.79 Å². The fraction of sp³-hybridized carbons (Fsp3) is 0.412. The van der Waals surface area contributed by atoms with Crippen LogP contribution in [-0.2, 0) is 11.8 Å². The zero-order valence-electron chi connectivity index (χ0n) is 14.7. The van der Waals surface area contributed by atoms with Gasteiger partial charge in [-0.15, -0.1) is 0 Å². The van der Waals surface area contributed by atoms with Gasteiger partial charge in [0.1, 0.15) is 17.0 Å². The summed E-state index contributed by atoms with van der Waals surface area (Å²) in [6, 6.07) is 1.86. The number of aromatic nitrogens is 4. The van der Waals surface area contributed by atoms with Crippen molar-refractivity contribution in [1.29, 1.82) is 0 Å². The maximum absolute atomic E-state index is 12.3. The minimum atomic E-state index is -0.525. The number of carbonyl (C=O) groups is 1. The third kappa shape index (κ3) is 3.99. The second-order valence-electron chi connectivity index (χ2n) is 6.87. The van der Waals surface area contributed by atoms with Crippen molar-refractivity contribution in [1.82, 2.24) is 24.6 Å². The first-order valence-electron chi connectivity index (χ1n) is 7.93. The number of carbonyl (C=O) groups excluding carboxylic acids is 1. The molecule has 0 spiro atoms. The second-order valence-corrected chi connectivity index (χ2v) is 7.20. The number of nitrogens with zero attached hydrogens (tertiary/aromatic N) is 5. The highest BCUT2D eigenvalue weighted by Crippen LogP contribution is 2.30. The average Bonchev–Trinajstić information content (AvgIpc) is 3.14. The Morgan fingerprint density at radius 3 is 2.76 bits per heavy atom. The molecule has 0 bridgehead atoms. The quantitative estimate of drug-likeness (QED) is 0.768. The molecule has 0 saturated heterocycles. The Kier molecular flexibility index (Phi) is 4.51. The smallest absolute Gasteiger partial charge is 0.410 e. The number of ether oxygens (including phenoxy) is 1. The summed E-state index contributed by atoms with van der Waals surface area (Å²) in [5, 5.41) is 4.55. The molecule has 0 atom stereocenters. The first-order valence-corrected chi connectivity index (χ1v) is 8.30. The standard InChI is InChI=1S/C17H20ClN5O2/c1-17(2,3)25-16(24)23-8-5-11(10-23)12-9-19-15(18)20-14(12)13-6-7-22(4)21-13/h5-7,9H,8,10H2,1-4H3. The van der Waals surface area contributed by atoms with E-state index in [4.69, 9.17) is 16.3 Å². The lowest BCUT2D eigenvalue weighted by atomic mass is 10.1. The molecule has 1 aliphatic rings. The molecule has 8 heteroatoms. The summed E-state index contributed by atoms with van der Waals surface area (Å²) in [7, 11) is 1.84. The zero-order chi connectivity index (χ0) is 18.2. The van der Waals surface area contributed by atoms with E-state index in [1.165, 1.54) is 0 Å². The molecule has 0 fully saturated rings. The Balaban J connectivity index is 1.85. The van der Waals surface area contributed by atoms with E-state index in [0.717, 1.165) is 11.1 Å². The van der Waals surface area contributed by atoms with Gasteiger partial charge >= 0.3 is 6.09 Å². The van der Waals surface area contributed by atoms with Gasteiger partial charge in [0.05, 0.1) is 0 Å². The summed E-state index contributed by atoms with van der Waals surface area (Å²) in [5.41, 5.74) is 2.59. The van der Waals surface area contributed by atoms with E-state index in [1.54, 1.807) is 15.8 Å². The number of halogens is 1. The van der Waals surface area contributed by atoms with Crippen LogP contribution >= 0.6 is 11.6 Å². The predicted molar refractivity (Wildman–Crippen MR) is 95.0 cm³/mol. The third-order valence-corrected chi connectivity index (χ3v) is 3.81. The molecule has 0 saturated carbocycles. The molecule has 0 aromatic carbocycles. The summed E-state index contributed by atoms with van der Waals surface area (Å²) in [4.78, 5) is 22.3. The molecular weight excluding hydrogens is 342 g/mol. The molecule has 0 radical (unpaired) electrons. The molecule has 2 aromatic heterocycles. The monoisotopic (exact) mass is 361 g/mol. The van der Waals surface area contributed by atoms with Crippen molar-refractivity contribution in [2.75, 3.05) is 13.1 Å². The molecule has 25 heavy (non-hydrogen) atoms. The average molecular weight is 362 g/mol. The minimum absolute atomic E-state index is 0.159. The Bertz CT molecular complexity index is 838. The van der Waals surface area contributed by atoms with Crippen LogP contribution in [0, 0.1) is 0 Å². The molecule has 3 heterocycles. The van der Waals surface area contributed by atoms with Gasteiger partial charge in [0.2, 0.25) is 5.28 Å². The predicted octanol–water partition coefficient (Wildman–Crippen LogP) is 3.16. The van der Waals surface area contributed by atoms with Gasteiger partial charge in [-0.05, 0) is 44.0 Å². The van der Waals surface area contributed by atoms with Gasteiger partial charge in [-0.1, -0.05) is 6.08 Å². The van der Waals surface area contributed by atoms with Crippen molar-refractivity contribution in [2.24, 2.45) is 7.05 Å². The number of hydrogen-bond donors (Lipinski definition) is 0. The van der Waals surface area contributed by atoms with E-state index in [0.29, 0.717) is 24.5 Å². The van der Waals surface area contributed by atoms with Crippen LogP contribution in [0.5, 0.6) is 0 Å². The van der Waals surface area contributed by atoms with Gasteiger partial charge in [0.15, 0.2) is 0 Å². The first kappa shape index (κ1) is 17.4. The van der Waals surface area contributed by atoms with Gasteiger partial charge in [-0.3, -0.25) is 4.68 Å². The van der Waals surface area contributed by atoms with Gasteiger partial charge in [-0.25, -0.2) is 14.8 Å². The van der Waals surface area contributed by atoms with Crippen molar-refractivity contribution in [2.45, 2.75) is 26.4 Å². The van der Waals surface area contributed by atoms with Crippen molar-refractivity contribution in [3.63, 3.8) is 0 Å². The Hall–Kier alpha value is -2.41. The summed E-state index contributed by atoms with van der Waals surface area (Å²) >= 11 is 5.97. The number of amides is 1. The van der Waals surface area contributed by atoms with Crippen LogP contribution in [0.1, 0.15) is 26.3 Å². The maximum atomic E-state index is 12.3. The van der Waals surface area contributed by atoms with Crippen LogP contribution in [0.2, 0.25) is 5.28 Å². The Morgan fingerprint density at radius 1 is 1.36 bits per heavy atom. The van der Waals surface area contributed by atoms with Crippen LogP contribution in [0.3, 0.4) is 0 Å². The van der Waals surface area contributed by atoms with Crippen molar-refractivity contribution >= 4 is 23.3 Å². The molecule has 0 N–H and O–H groups in total. The molecule has 1 aliphatic heterocycles. The maximum Gasteiger partial charge on any atom is 0.410 e.